The molecule has 0 aliphatic rings. The summed E-state index contributed by atoms with van der Waals surface area (Å²) in [5, 5.41) is 6.29. The van der Waals surface area contributed by atoms with Gasteiger partial charge in [0, 0.05) is 17.3 Å². The van der Waals surface area contributed by atoms with Crippen LogP contribution in [0, 0.1) is 0 Å². The molecule has 0 aliphatic carbocycles. The molecule has 1 heterocycles. The number of aromatic nitrogens is 2. The Kier molecular flexibility index (Phi) is 4.85. The van der Waals surface area contributed by atoms with Gasteiger partial charge in [-0.3, -0.25) is 0 Å². The topological polar surface area (TPSA) is 30.2 Å². The van der Waals surface area contributed by atoms with Gasteiger partial charge < -0.3 is 0 Å². The second-order valence-electron chi connectivity index (χ2n) is 4.49. The molecule has 3 rings (SSSR count). The number of allylic oxidation sites excluding steroid dienone is 1. The second kappa shape index (κ2) is 7.43. The van der Waals surface area contributed by atoms with Crippen LogP contribution < -0.4 is 0 Å². The molecule has 108 valence electrons. The maximum Gasteiger partial charge on any atom is 0.154 e. The van der Waals surface area contributed by atoms with Crippen LogP contribution in [0.2, 0.25) is 0 Å². The van der Waals surface area contributed by atoms with Gasteiger partial charge in [0.15, 0.2) is 5.84 Å². The molecule has 22 heavy (non-hydrogen) atoms. The molecule has 0 fully saturated rings. The Morgan fingerprint density at radius 1 is 0.955 bits per heavy atom. The van der Waals surface area contributed by atoms with Crippen LogP contribution in [0.25, 0.3) is 0 Å². The third kappa shape index (κ3) is 3.96. The highest BCUT2D eigenvalue weighted by atomic mass is 32.2. The van der Waals surface area contributed by atoms with Crippen LogP contribution in [0.4, 0.5) is 5.69 Å². The maximum atomic E-state index is 4.65. The van der Waals surface area contributed by atoms with E-state index in [-0.39, 0.29) is 0 Å². The van der Waals surface area contributed by atoms with E-state index < -0.39 is 0 Å². The molecule has 0 unspecified atom stereocenters. The van der Waals surface area contributed by atoms with E-state index >= 15 is 0 Å². The minimum Gasteiger partial charge on any atom is -0.229 e. The molecule has 0 amide bonds. The van der Waals surface area contributed by atoms with Crippen molar-refractivity contribution in [2.45, 2.75) is 4.90 Å². The summed E-state index contributed by atoms with van der Waals surface area (Å²) < 4.78 is 1.76. The van der Waals surface area contributed by atoms with Crippen molar-refractivity contribution in [1.29, 1.82) is 0 Å². The lowest BCUT2D eigenvalue weighted by molar-refractivity contribution is 0.938. The molecular formula is C18H15N3S. The fraction of sp³-hybridized carbons (Fsp3) is 0. The third-order valence-corrected chi connectivity index (χ3v) is 3.72. The second-order valence-corrected chi connectivity index (χ2v) is 5.47. The van der Waals surface area contributed by atoms with Gasteiger partial charge in [-0.25, -0.2) is 9.67 Å². The van der Waals surface area contributed by atoms with Crippen molar-refractivity contribution in [3.8, 4) is 0 Å². The Hall–Kier alpha value is -2.59. The molecule has 0 bridgehead atoms. The molecule has 1 aromatic heterocycles. The van der Waals surface area contributed by atoms with E-state index in [1.54, 1.807) is 22.6 Å². The summed E-state index contributed by atoms with van der Waals surface area (Å²) in [6.45, 7) is 0. The van der Waals surface area contributed by atoms with E-state index in [4.69, 9.17) is 0 Å². The van der Waals surface area contributed by atoms with E-state index in [2.05, 4.69) is 22.2 Å². The predicted molar refractivity (Wildman–Crippen MR) is 92.6 cm³/mol. The molecule has 3 aromatic rings. The molecule has 2 aromatic carbocycles. The predicted octanol–water partition coefficient (Wildman–Crippen LogP) is 4.77. The number of nitrogens with zero attached hydrogens (tertiary/aromatic N) is 3. The van der Waals surface area contributed by atoms with Crippen LogP contribution in [-0.4, -0.2) is 15.6 Å². The molecule has 0 spiro atoms. The molecule has 0 saturated carbocycles. The Morgan fingerprint density at radius 3 is 2.36 bits per heavy atom. The quantitative estimate of drug-likeness (QED) is 0.395. The van der Waals surface area contributed by atoms with Crippen molar-refractivity contribution in [2.24, 2.45) is 4.99 Å². The Labute approximate surface area is 134 Å². The number of rotatable bonds is 4. The first kappa shape index (κ1) is 14.4. The summed E-state index contributed by atoms with van der Waals surface area (Å²) in [6.07, 6.45) is 5.61. The van der Waals surface area contributed by atoms with E-state index in [1.807, 2.05) is 72.3 Å². The van der Waals surface area contributed by atoms with Gasteiger partial charge in [0.25, 0.3) is 0 Å². The number of aliphatic imine (C=N–C) groups is 1. The van der Waals surface area contributed by atoms with Crippen LogP contribution in [-0.2, 0) is 0 Å². The Balaban J connectivity index is 1.82. The van der Waals surface area contributed by atoms with Crippen LogP contribution in [0.15, 0.2) is 100 Å². The van der Waals surface area contributed by atoms with E-state index in [9.17, 15) is 0 Å². The zero-order chi connectivity index (χ0) is 15.0. The average Bonchev–Trinajstić information content (AvgIpc) is 3.10. The highest BCUT2D eigenvalue weighted by Gasteiger charge is 1.99. The Bertz CT molecular complexity index is 748. The third-order valence-electron chi connectivity index (χ3n) is 2.90. The van der Waals surface area contributed by atoms with Gasteiger partial charge >= 0.3 is 0 Å². The van der Waals surface area contributed by atoms with Crippen molar-refractivity contribution < 1.29 is 0 Å². The van der Waals surface area contributed by atoms with Gasteiger partial charge in [-0.1, -0.05) is 48.2 Å². The first-order chi connectivity index (χ1) is 10.9. The highest BCUT2D eigenvalue weighted by molar-refractivity contribution is 8.02. The fourth-order valence-electron chi connectivity index (χ4n) is 1.88. The first-order valence-corrected chi connectivity index (χ1v) is 7.82. The summed E-state index contributed by atoms with van der Waals surface area (Å²) in [5.74, 6) is 0.777. The number of hydrogen-bond donors (Lipinski definition) is 0. The molecule has 0 N–H and O–H groups in total. The van der Waals surface area contributed by atoms with Crippen LogP contribution in [0.5, 0.6) is 0 Å². The molecule has 4 heteroatoms. The molecule has 0 saturated heterocycles. The molecule has 0 aliphatic heterocycles. The lowest BCUT2D eigenvalue weighted by Crippen LogP contribution is -2.08. The van der Waals surface area contributed by atoms with Crippen molar-refractivity contribution in [2.75, 3.05) is 0 Å². The summed E-state index contributed by atoms with van der Waals surface area (Å²) in [4.78, 5) is 5.84. The van der Waals surface area contributed by atoms with Crippen molar-refractivity contribution >= 4 is 23.3 Å². The normalized spacial score (nSPS) is 11.9. The molecule has 0 atom stereocenters. The lowest BCUT2D eigenvalue weighted by atomic mass is 10.3. The minimum absolute atomic E-state index is 0.777. The van der Waals surface area contributed by atoms with Crippen molar-refractivity contribution in [1.82, 2.24) is 9.78 Å². The maximum absolute atomic E-state index is 4.65. The smallest absolute Gasteiger partial charge is 0.154 e. The summed E-state index contributed by atoms with van der Waals surface area (Å²) in [6, 6.07) is 22.0. The first-order valence-electron chi connectivity index (χ1n) is 6.94. The van der Waals surface area contributed by atoms with Crippen molar-refractivity contribution in [3.63, 3.8) is 0 Å². The zero-order valence-corrected chi connectivity index (χ0v) is 12.7. The van der Waals surface area contributed by atoms with Crippen LogP contribution in [0.1, 0.15) is 0 Å². The van der Waals surface area contributed by atoms with E-state index in [0.29, 0.717) is 0 Å². The van der Waals surface area contributed by atoms with Crippen LogP contribution >= 0.6 is 11.8 Å². The van der Waals surface area contributed by atoms with Gasteiger partial charge in [0.1, 0.15) is 0 Å². The zero-order valence-electron chi connectivity index (χ0n) is 11.9. The van der Waals surface area contributed by atoms with E-state index in [1.165, 1.54) is 4.90 Å². The lowest BCUT2D eigenvalue weighted by Gasteiger charge is -2.02. The molecular weight excluding hydrogens is 290 g/mol. The number of hydrogen-bond acceptors (Lipinski definition) is 3. The molecule has 0 radical (unpaired) electrons. The van der Waals surface area contributed by atoms with E-state index in [0.717, 1.165) is 11.5 Å². The summed E-state index contributed by atoms with van der Waals surface area (Å²) in [7, 11) is 0. The highest BCUT2D eigenvalue weighted by Crippen LogP contribution is 2.18. The number of thioether (sulfide) groups is 1. The summed E-state index contributed by atoms with van der Waals surface area (Å²) >= 11 is 1.65. The van der Waals surface area contributed by atoms with Crippen molar-refractivity contribution in [3.05, 3.63) is 90.6 Å². The van der Waals surface area contributed by atoms with Gasteiger partial charge in [-0.15, -0.1) is 0 Å². The standard InChI is InChI=1S/C18H15N3S/c1-3-8-16(9-4-1)20-18(21-14-7-13-19-21)12-15-22-17-10-5-2-6-11-17/h1-15H. The molecule has 3 nitrogen and oxygen atoms in total. The van der Waals surface area contributed by atoms with Gasteiger partial charge in [0.2, 0.25) is 0 Å². The minimum atomic E-state index is 0.777. The fourth-order valence-corrected chi connectivity index (χ4v) is 2.54. The largest absolute Gasteiger partial charge is 0.229 e. The van der Waals surface area contributed by atoms with Gasteiger partial charge in [-0.05, 0) is 41.8 Å². The number of benzene rings is 2. The van der Waals surface area contributed by atoms with Crippen LogP contribution in [0.3, 0.4) is 0 Å². The van der Waals surface area contributed by atoms with Gasteiger partial charge in [0.05, 0.1) is 5.69 Å². The summed E-state index contributed by atoms with van der Waals surface area (Å²) in [5.41, 5.74) is 0.905. The average molecular weight is 305 g/mol. The monoisotopic (exact) mass is 305 g/mol. The number of para-hydroxylation sites is 1. The Morgan fingerprint density at radius 2 is 1.68 bits per heavy atom. The SMILES string of the molecule is C(=CC(=Nc1ccccc1)n1cccn1)Sc1ccccc1. The van der Waals surface area contributed by atoms with Gasteiger partial charge in [-0.2, -0.15) is 5.10 Å².